The Hall–Kier alpha value is -1.31. The Bertz CT molecular complexity index is 674. The zero-order valence-electron chi connectivity index (χ0n) is 12.5. The number of aromatic nitrogens is 3. The van der Waals surface area contributed by atoms with Crippen molar-refractivity contribution in [2.45, 2.75) is 39.3 Å². The van der Waals surface area contributed by atoms with Crippen LogP contribution in [-0.4, -0.2) is 45.2 Å². The normalized spacial score (nSPS) is 18.9. The highest BCUT2D eigenvalue weighted by Gasteiger charge is 2.22. The first kappa shape index (κ1) is 14.6. The Kier molecular flexibility index (Phi) is 4.32. The lowest BCUT2D eigenvalue weighted by atomic mass is 10.2. The highest BCUT2D eigenvalue weighted by molar-refractivity contribution is 7.16. The molecule has 1 atom stereocenters. The predicted octanol–water partition coefficient (Wildman–Crippen LogP) is 0.897. The van der Waals surface area contributed by atoms with Crippen LogP contribution in [0.4, 0.5) is 0 Å². The SMILES string of the molecule is CCc1nn2c(=O)cc(CN(CC)C3CCNC3)nc2s1. The molecule has 0 aliphatic carbocycles. The molecule has 1 N–H and O–H groups in total. The topological polar surface area (TPSA) is 62.5 Å². The summed E-state index contributed by atoms with van der Waals surface area (Å²) in [6, 6.07) is 2.17. The molecular weight excluding hydrogens is 286 g/mol. The molecule has 0 aromatic carbocycles. The van der Waals surface area contributed by atoms with E-state index in [1.54, 1.807) is 6.07 Å². The van der Waals surface area contributed by atoms with Gasteiger partial charge in [-0.15, -0.1) is 0 Å². The third-order valence-corrected chi connectivity index (χ3v) is 5.02. The Morgan fingerprint density at radius 1 is 1.52 bits per heavy atom. The van der Waals surface area contributed by atoms with Crippen molar-refractivity contribution in [3.05, 3.63) is 27.1 Å². The lowest BCUT2D eigenvalue weighted by Gasteiger charge is -2.26. The molecular formula is C14H21N5OS. The van der Waals surface area contributed by atoms with Gasteiger partial charge in [0.15, 0.2) is 0 Å². The van der Waals surface area contributed by atoms with Crippen molar-refractivity contribution < 1.29 is 0 Å². The molecule has 1 fully saturated rings. The molecule has 0 saturated carbocycles. The van der Waals surface area contributed by atoms with Crippen molar-refractivity contribution in [1.29, 1.82) is 0 Å². The van der Waals surface area contributed by atoms with Gasteiger partial charge in [0.05, 0.1) is 5.69 Å². The van der Waals surface area contributed by atoms with E-state index in [1.165, 1.54) is 15.9 Å². The minimum atomic E-state index is -0.0773. The molecule has 114 valence electrons. The highest BCUT2D eigenvalue weighted by atomic mass is 32.1. The second-order valence-electron chi connectivity index (χ2n) is 5.34. The Labute approximate surface area is 127 Å². The highest BCUT2D eigenvalue weighted by Crippen LogP contribution is 2.14. The van der Waals surface area contributed by atoms with Crippen LogP contribution >= 0.6 is 11.3 Å². The van der Waals surface area contributed by atoms with Gasteiger partial charge in [0.25, 0.3) is 5.56 Å². The first-order valence-corrected chi connectivity index (χ1v) is 8.36. The van der Waals surface area contributed by atoms with Crippen molar-refractivity contribution in [2.24, 2.45) is 0 Å². The van der Waals surface area contributed by atoms with Crippen molar-refractivity contribution >= 4 is 16.3 Å². The fraction of sp³-hybridized carbons (Fsp3) is 0.643. The number of likely N-dealkylation sites (N-methyl/N-ethyl adjacent to an activating group) is 1. The van der Waals surface area contributed by atoms with E-state index >= 15 is 0 Å². The van der Waals surface area contributed by atoms with Crippen LogP contribution in [0.3, 0.4) is 0 Å². The molecule has 0 radical (unpaired) electrons. The van der Waals surface area contributed by atoms with Gasteiger partial charge in [-0.1, -0.05) is 25.2 Å². The maximum absolute atomic E-state index is 12.2. The lowest BCUT2D eigenvalue weighted by Crippen LogP contribution is -2.36. The molecule has 1 saturated heterocycles. The van der Waals surface area contributed by atoms with Crippen molar-refractivity contribution in [2.75, 3.05) is 19.6 Å². The quantitative estimate of drug-likeness (QED) is 0.889. The number of nitrogens with one attached hydrogen (secondary N) is 1. The number of hydrogen-bond acceptors (Lipinski definition) is 6. The van der Waals surface area contributed by atoms with Gasteiger partial charge in [0.1, 0.15) is 5.01 Å². The van der Waals surface area contributed by atoms with E-state index in [2.05, 4.69) is 27.2 Å². The molecule has 3 rings (SSSR count). The van der Waals surface area contributed by atoms with Crippen LogP contribution in [0.15, 0.2) is 10.9 Å². The largest absolute Gasteiger partial charge is 0.315 e. The number of fused-ring (bicyclic) bond motifs is 1. The monoisotopic (exact) mass is 307 g/mol. The van der Waals surface area contributed by atoms with Gasteiger partial charge in [-0.2, -0.15) is 9.61 Å². The third-order valence-electron chi connectivity index (χ3n) is 3.96. The Balaban J connectivity index is 1.87. The minimum absolute atomic E-state index is 0.0773. The minimum Gasteiger partial charge on any atom is -0.315 e. The second kappa shape index (κ2) is 6.21. The summed E-state index contributed by atoms with van der Waals surface area (Å²) in [4.78, 5) is 19.9. The van der Waals surface area contributed by atoms with Crippen LogP contribution in [0.25, 0.3) is 4.96 Å². The fourth-order valence-corrected chi connectivity index (χ4v) is 3.64. The van der Waals surface area contributed by atoms with Gasteiger partial charge in [-0.25, -0.2) is 4.98 Å². The lowest BCUT2D eigenvalue weighted by molar-refractivity contribution is 0.208. The summed E-state index contributed by atoms with van der Waals surface area (Å²) in [5.41, 5.74) is 0.770. The summed E-state index contributed by atoms with van der Waals surface area (Å²) in [5, 5.41) is 8.62. The van der Waals surface area contributed by atoms with E-state index in [-0.39, 0.29) is 5.56 Å². The maximum Gasteiger partial charge on any atom is 0.275 e. The van der Waals surface area contributed by atoms with E-state index in [9.17, 15) is 4.79 Å². The number of hydrogen-bond donors (Lipinski definition) is 1. The number of nitrogens with zero attached hydrogens (tertiary/aromatic N) is 4. The van der Waals surface area contributed by atoms with Gasteiger partial charge in [-0.3, -0.25) is 9.69 Å². The molecule has 0 spiro atoms. The van der Waals surface area contributed by atoms with Crippen LogP contribution in [-0.2, 0) is 13.0 Å². The van der Waals surface area contributed by atoms with Crippen molar-refractivity contribution in [3.8, 4) is 0 Å². The molecule has 1 aliphatic rings. The predicted molar refractivity (Wildman–Crippen MR) is 83.9 cm³/mol. The van der Waals surface area contributed by atoms with E-state index in [4.69, 9.17) is 0 Å². The van der Waals surface area contributed by atoms with Gasteiger partial charge in [-0.05, 0) is 25.9 Å². The molecule has 2 aromatic rings. The summed E-state index contributed by atoms with van der Waals surface area (Å²) in [6.07, 6.45) is 1.99. The molecule has 1 aliphatic heterocycles. The molecule has 3 heterocycles. The van der Waals surface area contributed by atoms with E-state index in [0.717, 1.165) is 49.7 Å². The molecule has 1 unspecified atom stereocenters. The van der Waals surface area contributed by atoms with Gasteiger partial charge >= 0.3 is 0 Å². The van der Waals surface area contributed by atoms with Gasteiger partial charge < -0.3 is 5.32 Å². The first-order valence-electron chi connectivity index (χ1n) is 7.54. The molecule has 0 bridgehead atoms. The molecule has 6 nitrogen and oxygen atoms in total. The molecule has 2 aromatic heterocycles. The molecule has 21 heavy (non-hydrogen) atoms. The summed E-state index contributed by atoms with van der Waals surface area (Å²) >= 11 is 1.50. The van der Waals surface area contributed by atoms with E-state index in [0.29, 0.717) is 11.0 Å². The first-order chi connectivity index (χ1) is 10.2. The smallest absolute Gasteiger partial charge is 0.275 e. The fourth-order valence-electron chi connectivity index (χ4n) is 2.78. The Morgan fingerprint density at radius 2 is 2.38 bits per heavy atom. The molecule has 0 amide bonds. The maximum atomic E-state index is 12.2. The standard InChI is InChI=1S/C14H21N5OS/c1-3-12-17-19-13(20)7-10(16-14(19)21-12)9-18(4-2)11-5-6-15-8-11/h7,11,15H,3-6,8-9H2,1-2H3. The van der Waals surface area contributed by atoms with E-state index in [1.807, 2.05) is 6.92 Å². The average Bonchev–Trinajstić information content (AvgIpc) is 3.13. The number of aryl methyl sites for hydroxylation is 1. The summed E-state index contributed by atoms with van der Waals surface area (Å²) in [7, 11) is 0. The zero-order valence-corrected chi connectivity index (χ0v) is 13.3. The van der Waals surface area contributed by atoms with Gasteiger partial charge in [0, 0.05) is 25.2 Å². The van der Waals surface area contributed by atoms with Crippen molar-refractivity contribution in [3.63, 3.8) is 0 Å². The average molecular weight is 307 g/mol. The zero-order chi connectivity index (χ0) is 14.8. The summed E-state index contributed by atoms with van der Waals surface area (Å²) in [5.74, 6) is 0. The van der Waals surface area contributed by atoms with Gasteiger partial charge in [0.2, 0.25) is 4.96 Å². The van der Waals surface area contributed by atoms with E-state index < -0.39 is 0 Å². The summed E-state index contributed by atoms with van der Waals surface area (Å²) < 4.78 is 1.42. The van der Waals surface area contributed by atoms with Crippen LogP contribution in [0, 0.1) is 0 Å². The second-order valence-corrected chi connectivity index (χ2v) is 6.38. The van der Waals surface area contributed by atoms with Crippen molar-refractivity contribution in [1.82, 2.24) is 24.8 Å². The van der Waals surface area contributed by atoms with Crippen LogP contribution in [0.2, 0.25) is 0 Å². The number of rotatable bonds is 5. The third kappa shape index (κ3) is 3.00. The van der Waals surface area contributed by atoms with Crippen LogP contribution < -0.4 is 10.9 Å². The summed E-state index contributed by atoms with van der Waals surface area (Å²) in [6.45, 7) is 7.99. The van der Waals surface area contributed by atoms with Crippen LogP contribution in [0.5, 0.6) is 0 Å². The van der Waals surface area contributed by atoms with Crippen LogP contribution in [0.1, 0.15) is 31.0 Å². The Morgan fingerprint density at radius 3 is 3.05 bits per heavy atom. The molecule has 7 heteroatoms.